The van der Waals surface area contributed by atoms with Crippen molar-refractivity contribution in [2.24, 2.45) is 0 Å². The molecular formula is C9H9NOS. The third-order valence-corrected chi connectivity index (χ3v) is 3.30. The van der Waals surface area contributed by atoms with Crippen LogP contribution in [0.5, 0.6) is 0 Å². The average molecular weight is 179 g/mol. The molecule has 0 bridgehead atoms. The van der Waals surface area contributed by atoms with Crippen molar-refractivity contribution in [2.75, 3.05) is 0 Å². The Hall–Kier alpha value is -0.850. The molecule has 0 saturated carbocycles. The Morgan fingerprint density at radius 3 is 3.25 bits per heavy atom. The van der Waals surface area contributed by atoms with Gasteiger partial charge < -0.3 is 5.11 Å². The molecule has 1 aliphatic rings. The Balaban J connectivity index is 2.53. The van der Waals surface area contributed by atoms with E-state index in [-0.39, 0.29) is 0 Å². The summed E-state index contributed by atoms with van der Waals surface area (Å²) in [5, 5.41) is 20.6. The highest BCUT2D eigenvalue weighted by Crippen LogP contribution is 2.37. The summed E-state index contributed by atoms with van der Waals surface area (Å²) < 4.78 is 0. The predicted molar refractivity (Wildman–Crippen MR) is 46.8 cm³/mol. The van der Waals surface area contributed by atoms with E-state index in [0.29, 0.717) is 6.42 Å². The van der Waals surface area contributed by atoms with Gasteiger partial charge in [0.2, 0.25) is 0 Å². The van der Waals surface area contributed by atoms with Crippen molar-refractivity contribution in [3.63, 3.8) is 0 Å². The van der Waals surface area contributed by atoms with Gasteiger partial charge in [0.05, 0.1) is 0 Å². The molecule has 1 unspecified atom stereocenters. The van der Waals surface area contributed by atoms with E-state index in [1.165, 1.54) is 4.88 Å². The van der Waals surface area contributed by atoms with Crippen LogP contribution in [0.25, 0.3) is 0 Å². The molecule has 2 nitrogen and oxygen atoms in total. The number of fused-ring (bicyclic) bond motifs is 1. The fourth-order valence-electron chi connectivity index (χ4n) is 1.66. The molecule has 62 valence electrons. The fourth-order valence-corrected chi connectivity index (χ4v) is 2.65. The maximum Gasteiger partial charge on any atom is 0.177 e. The molecule has 3 heteroatoms. The van der Waals surface area contributed by atoms with Gasteiger partial charge >= 0.3 is 0 Å². The Bertz CT molecular complexity index is 339. The summed E-state index contributed by atoms with van der Waals surface area (Å²) in [7, 11) is 0. The van der Waals surface area contributed by atoms with Crippen molar-refractivity contribution in [3.8, 4) is 6.07 Å². The number of aryl methyl sites for hydroxylation is 1. The summed E-state index contributed by atoms with van der Waals surface area (Å²) in [5.74, 6) is 0. The van der Waals surface area contributed by atoms with Gasteiger partial charge in [-0.05, 0) is 30.7 Å². The van der Waals surface area contributed by atoms with Crippen LogP contribution in [0.2, 0.25) is 0 Å². The quantitative estimate of drug-likeness (QED) is 0.617. The van der Waals surface area contributed by atoms with Gasteiger partial charge in [0.25, 0.3) is 0 Å². The van der Waals surface area contributed by atoms with Crippen molar-refractivity contribution in [3.05, 3.63) is 21.9 Å². The van der Waals surface area contributed by atoms with E-state index in [1.54, 1.807) is 11.3 Å². The van der Waals surface area contributed by atoms with Crippen LogP contribution in [0.3, 0.4) is 0 Å². The minimum atomic E-state index is -1.20. The Morgan fingerprint density at radius 2 is 2.50 bits per heavy atom. The lowest BCUT2D eigenvalue weighted by molar-refractivity contribution is 0.0791. The Kier molecular flexibility index (Phi) is 1.67. The molecule has 1 heterocycles. The van der Waals surface area contributed by atoms with Crippen LogP contribution in [0.15, 0.2) is 11.4 Å². The van der Waals surface area contributed by atoms with E-state index >= 15 is 0 Å². The highest BCUT2D eigenvalue weighted by atomic mass is 32.1. The Labute approximate surface area is 75.1 Å². The van der Waals surface area contributed by atoms with Gasteiger partial charge in [-0.2, -0.15) is 5.26 Å². The van der Waals surface area contributed by atoms with Gasteiger partial charge in [-0.25, -0.2) is 0 Å². The lowest BCUT2D eigenvalue weighted by Crippen LogP contribution is -2.27. The first kappa shape index (κ1) is 7.78. The number of aliphatic hydroxyl groups is 1. The molecule has 2 rings (SSSR count). The lowest BCUT2D eigenvalue weighted by Gasteiger charge is -2.25. The minimum absolute atomic E-state index is 0.577. The molecular weight excluding hydrogens is 170 g/mol. The van der Waals surface area contributed by atoms with Gasteiger partial charge in [-0.15, -0.1) is 11.3 Å². The topological polar surface area (TPSA) is 44.0 Å². The van der Waals surface area contributed by atoms with Gasteiger partial charge in [0.1, 0.15) is 6.07 Å². The molecule has 0 fully saturated rings. The second-order valence-electron chi connectivity index (χ2n) is 3.08. The number of nitriles is 1. The molecule has 0 spiro atoms. The molecule has 0 amide bonds. The van der Waals surface area contributed by atoms with Gasteiger partial charge in [0.15, 0.2) is 5.60 Å². The lowest BCUT2D eigenvalue weighted by atomic mass is 9.85. The van der Waals surface area contributed by atoms with E-state index in [0.717, 1.165) is 18.4 Å². The standard InChI is InChI=1S/C9H9NOS/c10-6-9(11)4-1-2-8-7(9)3-5-12-8/h3,5,11H,1-2,4H2. The fraction of sp³-hybridized carbons (Fsp3) is 0.444. The van der Waals surface area contributed by atoms with Crippen molar-refractivity contribution >= 4 is 11.3 Å². The highest BCUT2D eigenvalue weighted by Gasteiger charge is 2.34. The predicted octanol–water partition coefficient (Wildman–Crippen LogP) is 1.80. The van der Waals surface area contributed by atoms with Gasteiger partial charge in [0, 0.05) is 10.4 Å². The third kappa shape index (κ3) is 0.961. The molecule has 1 aromatic rings. The van der Waals surface area contributed by atoms with Crippen molar-refractivity contribution in [1.29, 1.82) is 5.26 Å². The first-order chi connectivity index (χ1) is 5.76. The zero-order valence-corrected chi connectivity index (χ0v) is 7.40. The molecule has 1 atom stereocenters. The largest absolute Gasteiger partial charge is 0.371 e. The van der Waals surface area contributed by atoms with Crippen LogP contribution in [-0.4, -0.2) is 5.11 Å². The van der Waals surface area contributed by atoms with Crippen molar-refractivity contribution in [1.82, 2.24) is 0 Å². The molecule has 1 N–H and O–H groups in total. The molecule has 1 aliphatic carbocycles. The number of hydrogen-bond acceptors (Lipinski definition) is 3. The molecule has 0 aromatic carbocycles. The Morgan fingerprint density at radius 1 is 1.67 bits per heavy atom. The summed E-state index contributed by atoms with van der Waals surface area (Å²) in [4.78, 5) is 1.17. The zero-order valence-electron chi connectivity index (χ0n) is 6.58. The molecule has 1 aromatic heterocycles. The first-order valence-corrected chi connectivity index (χ1v) is 4.85. The van der Waals surface area contributed by atoms with E-state index in [1.807, 2.05) is 17.5 Å². The molecule has 12 heavy (non-hydrogen) atoms. The SMILES string of the molecule is N#CC1(O)CCCc2sccc21. The zero-order chi connectivity index (χ0) is 8.60. The van der Waals surface area contributed by atoms with Crippen LogP contribution in [-0.2, 0) is 12.0 Å². The third-order valence-electron chi connectivity index (χ3n) is 2.32. The van der Waals surface area contributed by atoms with E-state index in [4.69, 9.17) is 5.26 Å². The maximum atomic E-state index is 9.87. The highest BCUT2D eigenvalue weighted by molar-refractivity contribution is 7.10. The second-order valence-corrected chi connectivity index (χ2v) is 4.08. The van der Waals surface area contributed by atoms with Crippen LogP contribution >= 0.6 is 11.3 Å². The molecule has 0 radical (unpaired) electrons. The number of hydrogen-bond donors (Lipinski definition) is 1. The van der Waals surface area contributed by atoms with E-state index in [2.05, 4.69) is 0 Å². The summed E-state index contributed by atoms with van der Waals surface area (Å²) in [6.07, 6.45) is 2.50. The second kappa shape index (κ2) is 2.58. The van der Waals surface area contributed by atoms with E-state index < -0.39 is 5.60 Å². The maximum absolute atomic E-state index is 9.87. The van der Waals surface area contributed by atoms with Crippen molar-refractivity contribution < 1.29 is 5.11 Å². The molecule has 0 aliphatic heterocycles. The summed E-state index contributed by atoms with van der Waals surface area (Å²) in [6.45, 7) is 0. The van der Waals surface area contributed by atoms with Crippen LogP contribution in [0, 0.1) is 11.3 Å². The van der Waals surface area contributed by atoms with Gasteiger partial charge in [-0.3, -0.25) is 0 Å². The van der Waals surface area contributed by atoms with Crippen LogP contribution in [0.1, 0.15) is 23.3 Å². The average Bonchev–Trinajstić information content (AvgIpc) is 2.54. The molecule has 0 saturated heterocycles. The first-order valence-electron chi connectivity index (χ1n) is 3.97. The monoisotopic (exact) mass is 179 g/mol. The minimum Gasteiger partial charge on any atom is -0.371 e. The van der Waals surface area contributed by atoms with Crippen molar-refractivity contribution in [2.45, 2.75) is 24.9 Å². The summed E-state index contributed by atoms with van der Waals surface area (Å²) in [5.41, 5.74) is -0.366. The summed E-state index contributed by atoms with van der Waals surface area (Å²) >= 11 is 1.63. The van der Waals surface area contributed by atoms with Gasteiger partial charge in [-0.1, -0.05) is 0 Å². The summed E-state index contributed by atoms with van der Waals surface area (Å²) in [6, 6.07) is 3.85. The smallest absolute Gasteiger partial charge is 0.177 e. The van der Waals surface area contributed by atoms with Crippen LogP contribution in [0.4, 0.5) is 0 Å². The number of rotatable bonds is 0. The van der Waals surface area contributed by atoms with E-state index in [9.17, 15) is 5.11 Å². The normalized spacial score (nSPS) is 27.7. The number of nitrogens with zero attached hydrogens (tertiary/aromatic N) is 1. The number of thiophene rings is 1. The van der Waals surface area contributed by atoms with Crippen LogP contribution < -0.4 is 0 Å².